The first-order valence-electron chi connectivity index (χ1n) is 9.08. The Hall–Kier alpha value is -2.49. The highest BCUT2D eigenvalue weighted by molar-refractivity contribution is 6.07. The zero-order valence-electron chi connectivity index (χ0n) is 14.8. The zero-order valence-corrected chi connectivity index (χ0v) is 14.8. The molecule has 0 saturated carbocycles. The first kappa shape index (κ1) is 16.0. The van der Waals surface area contributed by atoms with E-state index in [0.717, 1.165) is 29.6 Å². The van der Waals surface area contributed by atoms with E-state index < -0.39 is 0 Å². The fraction of sp³-hybridized carbons (Fsp3) is 0.381. The average molecular weight is 336 g/mol. The van der Waals surface area contributed by atoms with Crippen molar-refractivity contribution in [2.45, 2.75) is 45.2 Å². The number of carbonyl (C=O) groups is 1. The summed E-state index contributed by atoms with van der Waals surface area (Å²) in [5, 5.41) is 2.38. The van der Waals surface area contributed by atoms with Crippen LogP contribution in [0.25, 0.3) is 21.8 Å². The van der Waals surface area contributed by atoms with Gasteiger partial charge in [0.15, 0.2) is 6.61 Å². The number of H-pyrrole nitrogens is 1. The molecule has 0 radical (unpaired) electrons. The number of amides is 1. The molecule has 2 aromatic carbocycles. The third-order valence-corrected chi connectivity index (χ3v) is 5.32. The first-order valence-corrected chi connectivity index (χ1v) is 9.08. The van der Waals surface area contributed by atoms with Gasteiger partial charge in [-0.25, -0.2) is 0 Å². The Morgan fingerprint density at radius 3 is 2.60 bits per heavy atom. The molecule has 25 heavy (non-hydrogen) atoms. The van der Waals surface area contributed by atoms with Gasteiger partial charge in [0.05, 0.1) is 5.52 Å². The van der Waals surface area contributed by atoms with Crippen molar-refractivity contribution in [2.75, 3.05) is 6.61 Å². The molecule has 130 valence electrons. The third-order valence-electron chi connectivity index (χ3n) is 5.32. The van der Waals surface area contributed by atoms with Gasteiger partial charge < -0.3 is 14.6 Å². The summed E-state index contributed by atoms with van der Waals surface area (Å²) in [6, 6.07) is 14.8. The topological polar surface area (TPSA) is 45.3 Å². The van der Waals surface area contributed by atoms with Crippen LogP contribution in [-0.4, -0.2) is 34.5 Å². The summed E-state index contributed by atoms with van der Waals surface area (Å²) in [6.07, 6.45) is 3.36. The van der Waals surface area contributed by atoms with Crippen LogP contribution in [0.2, 0.25) is 0 Å². The number of rotatable bonds is 3. The van der Waals surface area contributed by atoms with Gasteiger partial charge in [-0.05, 0) is 51.3 Å². The highest BCUT2D eigenvalue weighted by Crippen LogP contribution is 2.28. The fourth-order valence-electron chi connectivity index (χ4n) is 4.06. The highest BCUT2D eigenvalue weighted by atomic mass is 16.5. The SMILES string of the molecule is C[C@@H]1CCC[C@H](C)N1C(=O)COc1ccc2c(c1)[nH]c1ccccc12. The van der Waals surface area contributed by atoms with E-state index in [1.807, 2.05) is 29.2 Å². The van der Waals surface area contributed by atoms with Crippen LogP contribution in [0.1, 0.15) is 33.1 Å². The van der Waals surface area contributed by atoms with Crippen molar-refractivity contribution in [3.8, 4) is 5.75 Å². The van der Waals surface area contributed by atoms with E-state index in [0.29, 0.717) is 12.1 Å². The molecular weight excluding hydrogens is 312 g/mol. The van der Waals surface area contributed by atoms with Crippen LogP contribution < -0.4 is 4.74 Å². The number of ether oxygens (including phenoxy) is 1. The fourth-order valence-corrected chi connectivity index (χ4v) is 4.06. The van der Waals surface area contributed by atoms with Crippen molar-refractivity contribution in [2.24, 2.45) is 0 Å². The van der Waals surface area contributed by atoms with Crippen molar-refractivity contribution in [1.29, 1.82) is 0 Å². The lowest BCUT2D eigenvalue weighted by Gasteiger charge is -2.38. The van der Waals surface area contributed by atoms with Crippen molar-refractivity contribution < 1.29 is 9.53 Å². The summed E-state index contributed by atoms with van der Waals surface area (Å²) in [7, 11) is 0. The average Bonchev–Trinajstić information content (AvgIpc) is 2.97. The Bertz CT molecular complexity index is 905. The molecule has 4 heteroatoms. The molecule has 4 rings (SSSR count). The molecule has 0 unspecified atom stereocenters. The summed E-state index contributed by atoms with van der Waals surface area (Å²) >= 11 is 0. The monoisotopic (exact) mass is 336 g/mol. The van der Waals surface area contributed by atoms with Crippen molar-refractivity contribution in [3.05, 3.63) is 42.5 Å². The molecule has 2 heterocycles. The molecule has 1 aliphatic rings. The van der Waals surface area contributed by atoms with E-state index in [1.54, 1.807) is 0 Å². The van der Waals surface area contributed by atoms with E-state index >= 15 is 0 Å². The van der Waals surface area contributed by atoms with Gasteiger partial charge in [-0.1, -0.05) is 18.2 Å². The minimum absolute atomic E-state index is 0.0800. The molecule has 0 spiro atoms. The summed E-state index contributed by atoms with van der Waals surface area (Å²) < 4.78 is 5.81. The second kappa shape index (κ2) is 6.43. The summed E-state index contributed by atoms with van der Waals surface area (Å²) in [5.41, 5.74) is 2.15. The zero-order chi connectivity index (χ0) is 17.4. The minimum atomic E-state index is 0.0800. The van der Waals surface area contributed by atoms with E-state index in [-0.39, 0.29) is 12.5 Å². The number of carbonyl (C=O) groups excluding carboxylic acids is 1. The van der Waals surface area contributed by atoms with Gasteiger partial charge >= 0.3 is 0 Å². The van der Waals surface area contributed by atoms with Gasteiger partial charge in [0, 0.05) is 34.4 Å². The maximum atomic E-state index is 12.6. The summed E-state index contributed by atoms with van der Waals surface area (Å²) in [5.74, 6) is 0.807. The number of aromatic nitrogens is 1. The maximum Gasteiger partial charge on any atom is 0.260 e. The van der Waals surface area contributed by atoms with Crippen LogP contribution in [0.4, 0.5) is 0 Å². The first-order chi connectivity index (χ1) is 12.1. The Morgan fingerprint density at radius 1 is 1.08 bits per heavy atom. The van der Waals surface area contributed by atoms with Crippen LogP contribution in [0.15, 0.2) is 42.5 Å². The van der Waals surface area contributed by atoms with Gasteiger partial charge in [-0.3, -0.25) is 4.79 Å². The standard InChI is InChI=1S/C21H24N2O2/c1-14-6-5-7-15(2)23(14)21(24)13-25-16-10-11-18-17-8-3-4-9-19(17)22-20(18)12-16/h3-4,8-12,14-15,22H,5-7,13H2,1-2H3/t14-,15+. The normalized spacial score (nSPS) is 21.0. The quantitative estimate of drug-likeness (QED) is 0.766. The number of likely N-dealkylation sites (tertiary alicyclic amines) is 1. The molecular formula is C21H24N2O2. The Morgan fingerprint density at radius 2 is 1.80 bits per heavy atom. The van der Waals surface area contributed by atoms with E-state index in [4.69, 9.17) is 4.74 Å². The van der Waals surface area contributed by atoms with Crippen molar-refractivity contribution >= 4 is 27.7 Å². The molecule has 1 amide bonds. The second-order valence-corrected chi connectivity index (χ2v) is 7.10. The number of aromatic amines is 1. The van der Waals surface area contributed by atoms with Crippen molar-refractivity contribution in [3.63, 3.8) is 0 Å². The maximum absolute atomic E-state index is 12.6. The number of hydrogen-bond acceptors (Lipinski definition) is 2. The molecule has 1 saturated heterocycles. The predicted molar refractivity (Wildman–Crippen MR) is 101 cm³/mol. The molecule has 2 atom stereocenters. The molecule has 0 bridgehead atoms. The van der Waals surface area contributed by atoms with Gasteiger partial charge in [0.1, 0.15) is 5.75 Å². The highest BCUT2D eigenvalue weighted by Gasteiger charge is 2.28. The van der Waals surface area contributed by atoms with Gasteiger partial charge in [-0.2, -0.15) is 0 Å². The smallest absolute Gasteiger partial charge is 0.260 e. The molecule has 1 aliphatic heterocycles. The Kier molecular flexibility index (Phi) is 4.12. The molecule has 4 nitrogen and oxygen atoms in total. The molecule has 1 N–H and O–H groups in total. The number of hydrogen-bond donors (Lipinski definition) is 1. The van der Waals surface area contributed by atoms with E-state index in [1.165, 1.54) is 17.2 Å². The van der Waals surface area contributed by atoms with E-state index in [9.17, 15) is 4.79 Å². The summed E-state index contributed by atoms with van der Waals surface area (Å²) in [6.45, 7) is 4.36. The van der Waals surface area contributed by atoms with Crippen LogP contribution in [0.3, 0.4) is 0 Å². The van der Waals surface area contributed by atoms with E-state index in [2.05, 4.69) is 37.0 Å². The number of piperidine rings is 1. The van der Waals surface area contributed by atoms with Crippen LogP contribution in [0, 0.1) is 0 Å². The Balaban J connectivity index is 1.51. The summed E-state index contributed by atoms with van der Waals surface area (Å²) in [4.78, 5) is 18.0. The number of nitrogens with one attached hydrogen (secondary N) is 1. The minimum Gasteiger partial charge on any atom is -0.484 e. The number of benzene rings is 2. The van der Waals surface area contributed by atoms with Crippen molar-refractivity contribution in [1.82, 2.24) is 9.88 Å². The molecule has 3 aromatic rings. The number of fused-ring (bicyclic) bond motifs is 3. The number of nitrogens with zero attached hydrogens (tertiary/aromatic N) is 1. The lowest BCUT2D eigenvalue weighted by atomic mass is 9.97. The van der Waals surface area contributed by atoms with Gasteiger partial charge in [-0.15, -0.1) is 0 Å². The largest absolute Gasteiger partial charge is 0.484 e. The van der Waals surface area contributed by atoms with Crippen LogP contribution >= 0.6 is 0 Å². The third kappa shape index (κ3) is 2.97. The van der Waals surface area contributed by atoms with Crippen LogP contribution in [0.5, 0.6) is 5.75 Å². The number of para-hydroxylation sites is 1. The van der Waals surface area contributed by atoms with Crippen LogP contribution in [-0.2, 0) is 4.79 Å². The lowest BCUT2D eigenvalue weighted by molar-refractivity contribution is -0.139. The molecule has 1 aromatic heterocycles. The molecule has 0 aliphatic carbocycles. The lowest BCUT2D eigenvalue weighted by Crippen LogP contribution is -2.49. The van der Waals surface area contributed by atoms with Gasteiger partial charge in [0.25, 0.3) is 5.91 Å². The second-order valence-electron chi connectivity index (χ2n) is 7.10. The Labute approximate surface area is 147 Å². The predicted octanol–water partition coefficient (Wildman–Crippen LogP) is 4.49. The van der Waals surface area contributed by atoms with Gasteiger partial charge in [0.2, 0.25) is 0 Å². The molecule has 1 fully saturated rings.